The van der Waals surface area contributed by atoms with Crippen molar-refractivity contribution in [2.75, 3.05) is 20.2 Å². The standard InChI is InChI=1S/C14H19N3O4/c1-9-7-17(8-11(9)13(18)19)14(20)16-6-10-3-4-15-12(5-10)21-2/h3-5,9,11H,6-8H2,1-2H3,(H,16,20)(H,18,19)/t9-,11-/m1/s1. The van der Waals surface area contributed by atoms with Crippen molar-refractivity contribution in [3.05, 3.63) is 23.9 Å². The third kappa shape index (κ3) is 3.62. The first-order valence-electron chi connectivity index (χ1n) is 6.75. The second kappa shape index (κ2) is 6.43. The van der Waals surface area contributed by atoms with Gasteiger partial charge in [0.1, 0.15) is 0 Å². The largest absolute Gasteiger partial charge is 0.481 e. The van der Waals surface area contributed by atoms with Crippen LogP contribution in [0.15, 0.2) is 18.3 Å². The molecule has 7 heteroatoms. The van der Waals surface area contributed by atoms with Gasteiger partial charge in [-0.2, -0.15) is 0 Å². The zero-order valence-electron chi connectivity index (χ0n) is 12.1. The summed E-state index contributed by atoms with van der Waals surface area (Å²) in [4.78, 5) is 28.6. The van der Waals surface area contributed by atoms with Gasteiger partial charge in [-0.25, -0.2) is 9.78 Å². The predicted octanol–water partition coefficient (Wildman–Crippen LogP) is 0.952. The number of carboxylic acids is 1. The molecule has 2 atom stereocenters. The van der Waals surface area contributed by atoms with Gasteiger partial charge >= 0.3 is 12.0 Å². The van der Waals surface area contributed by atoms with Crippen LogP contribution in [0, 0.1) is 11.8 Å². The number of nitrogens with one attached hydrogen (secondary N) is 1. The quantitative estimate of drug-likeness (QED) is 0.862. The molecule has 1 aromatic rings. The molecule has 7 nitrogen and oxygen atoms in total. The van der Waals surface area contributed by atoms with Crippen LogP contribution < -0.4 is 10.1 Å². The molecule has 1 fully saturated rings. The van der Waals surface area contributed by atoms with E-state index in [2.05, 4.69) is 10.3 Å². The predicted molar refractivity (Wildman–Crippen MR) is 74.9 cm³/mol. The van der Waals surface area contributed by atoms with Crippen molar-refractivity contribution >= 4 is 12.0 Å². The van der Waals surface area contributed by atoms with Crippen molar-refractivity contribution in [3.8, 4) is 5.88 Å². The molecule has 114 valence electrons. The average Bonchev–Trinajstić information content (AvgIpc) is 2.87. The van der Waals surface area contributed by atoms with Gasteiger partial charge in [-0.1, -0.05) is 6.92 Å². The van der Waals surface area contributed by atoms with E-state index < -0.39 is 11.9 Å². The lowest BCUT2D eigenvalue weighted by atomic mass is 9.99. The molecule has 0 radical (unpaired) electrons. The zero-order chi connectivity index (χ0) is 15.4. The molecule has 1 saturated heterocycles. The van der Waals surface area contributed by atoms with Crippen molar-refractivity contribution in [2.45, 2.75) is 13.5 Å². The van der Waals surface area contributed by atoms with Gasteiger partial charge < -0.3 is 20.1 Å². The van der Waals surface area contributed by atoms with Gasteiger partial charge in [-0.3, -0.25) is 4.79 Å². The Bertz CT molecular complexity index is 535. The summed E-state index contributed by atoms with van der Waals surface area (Å²) in [6.07, 6.45) is 1.61. The minimum Gasteiger partial charge on any atom is -0.481 e. The number of amides is 2. The van der Waals surface area contributed by atoms with E-state index in [1.807, 2.05) is 6.92 Å². The summed E-state index contributed by atoms with van der Waals surface area (Å²) in [5, 5.41) is 11.9. The van der Waals surface area contributed by atoms with Crippen LogP contribution in [-0.4, -0.2) is 47.2 Å². The van der Waals surface area contributed by atoms with Crippen molar-refractivity contribution in [3.63, 3.8) is 0 Å². The molecule has 2 heterocycles. The highest BCUT2D eigenvalue weighted by Crippen LogP contribution is 2.23. The number of hydrogen-bond acceptors (Lipinski definition) is 4. The molecule has 0 aliphatic carbocycles. The number of carboxylic acid groups (broad SMARTS) is 1. The summed E-state index contributed by atoms with van der Waals surface area (Å²) in [5.41, 5.74) is 0.872. The molecule has 2 N–H and O–H groups in total. The first kappa shape index (κ1) is 15.1. The second-order valence-electron chi connectivity index (χ2n) is 5.19. The number of pyridine rings is 1. The van der Waals surface area contributed by atoms with E-state index in [0.29, 0.717) is 19.0 Å². The lowest BCUT2D eigenvalue weighted by Gasteiger charge is -2.17. The fraction of sp³-hybridized carbons (Fsp3) is 0.500. The lowest BCUT2D eigenvalue weighted by molar-refractivity contribution is -0.142. The topological polar surface area (TPSA) is 91.8 Å². The summed E-state index contributed by atoms with van der Waals surface area (Å²) < 4.78 is 5.02. The maximum atomic E-state index is 12.1. The SMILES string of the molecule is COc1cc(CNC(=O)N2C[C@@H](C)[C@H](C(=O)O)C2)ccn1. The van der Waals surface area contributed by atoms with Crippen LogP contribution in [0.4, 0.5) is 4.79 Å². The normalized spacial score (nSPS) is 21.1. The fourth-order valence-electron chi connectivity index (χ4n) is 2.42. The van der Waals surface area contributed by atoms with Gasteiger partial charge in [0.15, 0.2) is 0 Å². The summed E-state index contributed by atoms with van der Waals surface area (Å²) in [5.74, 6) is -0.884. The number of rotatable bonds is 4. The number of ether oxygens (including phenoxy) is 1. The molecule has 1 aliphatic heterocycles. The number of urea groups is 1. The molecule has 21 heavy (non-hydrogen) atoms. The van der Waals surface area contributed by atoms with Gasteiger partial charge in [0.05, 0.1) is 13.0 Å². The third-order valence-corrected chi connectivity index (χ3v) is 3.67. The molecule has 2 amide bonds. The van der Waals surface area contributed by atoms with Crippen molar-refractivity contribution in [1.82, 2.24) is 15.2 Å². The van der Waals surface area contributed by atoms with Gasteiger partial charge in [-0.15, -0.1) is 0 Å². The molecule has 0 saturated carbocycles. The number of nitrogens with zero attached hydrogens (tertiary/aromatic N) is 2. The highest BCUT2D eigenvalue weighted by molar-refractivity contribution is 5.77. The molecule has 2 rings (SSSR count). The Morgan fingerprint density at radius 2 is 2.29 bits per heavy atom. The molecular weight excluding hydrogens is 274 g/mol. The number of methoxy groups -OCH3 is 1. The number of aliphatic carboxylic acids is 1. The maximum Gasteiger partial charge on any atom is 0.317 e. The van der Waals surface area contributed by atoms with E-state index in [9.17, 15) is 9.59 Å². The summed E-state index contributed by atoms with van der Waals surface area (Å²) in [6, 6.07) is 3.28. The van der Waals surface area contributed by atoms with Crippen molar-refractivity contribution < 1.29 is 19.4 Å². The molecule has 1 aliphatic rings. The van der Waals surface area contributed by atoms with E-state index in [1.165, 1.54) is 7.11 Å². The summed E-state index contributed by atoms with van der Waals surface area (Å²) in [6.45, 7) is 2.91. The first-order valence-corrected chi connectivity index (χ1v) is 6.75. The van der Waals surface area contributed by atoms with E-state index >= 15 is 0 Å². The monoisotopic (exact) mass is 293 g/mol. The Morgan fingerprint density at radius 1 is 1.52 bits per heavy atom. The van der Waals surface area contributed by atoms with Gasteiger partial charge in [0.2, 0.25) is 5.88 Å². The molecule has 1 aromatic heterocycles. The van der Waals surface area contributed by atoms with Gasteiger partial charge in [0.25, 0.3) is 0 Å². The Morgan fingerprint density at radius 3 is 2.90 bits per heavy atom. The molecular formula is C14H19N3O4. The highest BCUT2D eigenvalue weighted by atomic mass is 16.5. The van der Waals surface area contributed by atoms with E-state index in [1.54, 1.807) is 23.2 Å². The lowest BCUT2D eigenvalue weighted by Crippen LogP contribution is -2.38. The minimum absolute atomic E-state index is 0.0331. The Hall–Kier alpha value is -2.31. The van der Waals surface area contributed by atoms with Gasteiger partial charge in [-0.05, 0) is 17.5 Å². The second-order valence-corrected chi connectivity index (χ2v) is 5.19. The number of carbonyl (C=O) groups is 2. The summed E-state index contributed by atoms with van der Waals surface area (Å²) in [7, 11) is 1.53. The van der Waals surface area contributed by atoms with Crippen LogP contribution >= 0.6 is 0 Å². The van der Waals surface area contributed by atoms with E-state index in [-0.39, 0.29) is 18.5 Å². The molecule has 0 spiro atoms. The number of likely N-dealkylation sites (tertiary alicyclic amines) is 1. The fourth-order valence-corrected chi connectivity index (χ4v) is 2.42. The number of carbonyl (C=O) groups excluding carboxylic acids is 1. The van der Waals surface area contributed by atoms with Crippen LogP contribution in [0.25, 0.3) is 0 Å². The molecule has 0 bridgehead atoms. The highest BCUT2D eigenvalue weighted by Gasteiger charge is 2.36. The number of hydrogen-bond donors (Lipinski definition) is 2. The smallest absolute Gasteiger partial charge is 0.317 e. The zero-order valence-corrected chi connectivity index (χ0v) is 12.1. The van der Waals surface area contributed by atoms with Crippen LogP contribution in [-0.2, 0) is 11.3 Å². The van der Waals surface area contributed by atoms with Crippen molar-refractivity contribution in [2.24, 2.45) is 11.8 Å². The van der Waals surface area contributed by atoms with Crippen LogP contribution in [0.3, 0.4) is 0 Å². The third-order valence-electron chi connectivity index (χ3n) is 3.67. The number of aromatic nitrogens is 1. The molecule has 0 aromatic carbocycles. The van der Waals surface area contributed by atoms with E-state index in [4.69, 9.17) is 9.84 Å². The Kier molecular flexibility index (Phi) is 4.62. The summed E-state index contributed by atoms with van der Waals surface area (Å²) >= 11 is 0. The van der Waals surface area contributed by atoms with Crippen molar-refractivity contribution in [1.29, 1.82) is 0 Å². The first-order chi connectivity index (χ1) is 10.0. The van der Waals surface area contributed by atoms with Gasteiger partial charge in [0, 0.05) is 31.9 Å². The maximum absolute atomic E-state index is 12.1. The molecule has 0 unspecified atom stereocenters. The van der Waals surface area contributed by atoms with E-state index in [0.717, 1.165) is 5.56 Å². The average molecular weight is 293 g/mol. The Balaban J connectivity index is 1.89. The Labute approximate surface area is 122 Å². The van der Waals surface area contributed by atoms with Crippen LogP contribution in [0.2, 0.25) is 0 Å². The minimum atomic E-state index is -0.850. The van der Waals surface area contributed by atoms with Crippen LogP contribution in [0.1, 0.15) is 12.5 Å². The van der Waals surface area contributed by atoms with Crippen LogP contribution in [0.5, 0.6) is 5.88 Å².